The quantitative estimate of drug-likeness (QED) is 0.446. The molecule has 0 aromatic carbocycles. The third kappa shape index (κ3) is 2.87. The van der Waals surface area contributed by atoms with Crippen molar-refractivity contribution in [2.75, 3.05) is 13.2 Å². The summed E-state index contributed by atoms with van der Waals surface area (Å²) in [4.78, 5) is 11.5. The Bertz CT molecular complexity index is 366. The topological polar surface area (TPSA) is 66.8 Å². The van der Waals surface area contributed by atoms with E-state index >= 15 is 0 Å². The van der Waals surface area contributed by atoms with Crippen molar-refractivity contribution in [2.24, 2.45) is 0 Å². The molecule has 2 N–H and O–H groups in total. The van der Waals surface area contributed by atoms with Crippen molar-refractivity contribution < 1.29 is 19.7 Å². The molecule has 1 unspecified atom stereocenters. The lowest BCUT2D eigenvalue weighted by Crippen LogP contribution is -2.13. The Morgan fingerprint density at radius 1 is 1.62 bits per heavy atom. The number of aliphatic hydroxyl groups excluding tert-OH is 2. The van der Waals surface area contributed by atoms with Crippen LogP contribution in [0.15, 0.2) is 35.1 Å². The lowest BCUT2D eigenvalue weighted by molar-refractivity contribution is -0.139. The summed E-state index contributed by atoms with van der Waals surface area (Å²) in [5.41, 5.74) is 0.615. The van der Waals surface area contributed by atoms with Crippen LogP contribution in [0.3, 0.4) is 0 Å². The van der Waals surface area contributed by atoms with E-state index in [0.717, 1.165) is 0 Å². The number of ether oxygens (including phenoxy) is 1. The van der Waals surface area contributed by atoms with E-state index < -0.39 is 11.3 Å². The Morgan fingerprint density at radius 3 is 2.88 bits per heavy atom. The van der Waals surface area contributed by atoms with E-state index in [9.17, 15) is 9.90 Å². The molecule has 0 aromatic rings. The van der Waals surface area contributed by atoms with Gasteiger partial charge in [-0.05, 0) is 13.0 Å². The fourth-order valence-electron chi connectivity index (χ4n) is 1.25. The van der Waals surface area contributed by atoms with Crippen molar-refractivity contribution >= 4 is 17.6 Å². The summed E-state index contributed by atoms with van der Waals surface area (Å²) in [6.45, 7) is 1.30. The maximum atomic E-state index is 11.5. The second-order valence-corrected chi connectivity index (χ2v) is 3.87. The smallest absolute Gasteiger partial charge is 0.338 e. The summed E-state index contributed by atoms with van der Waals surface area (Å²) in [5, 5.41) is 17.6. The maximum absolute atomic E-state index is 11.5. The molecule has 0 aromatic heterocycles. The van der Waals surface area contributed by atoms with Crippen molar-refractivity contribution in [2.45, 2.75) is 12.3 Å². The second kappa shape index (κ2) is 5.72. The second-order valence-electron chi connectivity index (χ2n) is 3.21. The molecule has 1 aliphatic rings. The van der Waals surface area contributed by atoms with Crippen LogP contribution in [0.2, 0.25) is 0 Å². The highest BCUT2D eigenvalue weighted by Gasteiger charge is 2.22. The molecule has 0 heterocycles. The molecule has 1 rings (SSSR count). The van der Waals surface area contributed by atoms with Crippen LogP contribution in [0.25, 0.3) is 0 Å². The summed E-state index contributed by atoms with van der Waals surface area (Å²) in [7, 11) is 0. The average Bonchev–Trinajstić information content (AvgIpc) is 2.73. The number of hydrogen-bond donors (Lipinski definition) is 2. The fraction of sp³-hybridized carbons (Fsp3) is 0.364. The van der Waals surface area contributed by atoms with Gasteiger partial charge in [0.25, 0.3) is 0 Å². The van der Waals surface area contributed by atoms with Crippen LogP contribution in [0.1, 0.15) is 6.92 Å². The Balaban J connectivity index is 2.83. The number of esters is 1. The highest BCUT2D eigenvalue weighted by atomic mass is 35.5. The Labute approximate surface area is 98.5 Å². The third-order valence-corrected chi connectivity index (χ3v) is 2.22. The SMILES string of the molecule is CC(Cl)/C(O)=C1\C=CC=C1C(=O)OCCO. The molecule has 1 atom stereocenters. The highest BCUT2D eigenvalue weighted by Crippen LogP contribution is 2.25. The van der Waals surface area contributed by atoms with E-state index in [2.05, 4.69) is 0 Å². The average molecular weight is 245 g/mol. The van der Waals surface area contributed by atoms with Gasteiger partial charge < -0.3 is 14.9 Å². The molecule has 0 bridgehead atoms. The predicted octanol–water partition coefficient (Wildman–Crippen LogP) is 1.46. The molecule has 0 radical (unpaired) electrons. The molecule has 5 heteroatoms. The highest BCUT2D eigenvalue weighted by molar-refractivity contribution is 6.22. The van der Waals surface area contributed by atoms with Gasteiger partial charge in [0.05, 0.1) is 17.6 Å². The summed E-state index contributed by atoms with van der Waals surface area (Å²) < 4.78 is 4.75. The Hall–Kier alpha value is -1.26. The van der Waals surface area contributed by atoms with Gasteiger partial charge in [0.15, 0.2) is 0 Å². The number of carbonyl (C=O) groups is 1. The maximum Gasteiger partial charge on any atom is 0.338 e. The molecule has 0 saturated carbocycles. The van der Waals surface area contributed by atoms with Crippen LogP contribution in [0.5, 0.6) is 0 Å². The van der Waals surface area contributed by atoms with E-state index in [-0.39, 0.29) is 24.5 Å². The number of allylic oxidation sites excluding steroid dienone is 4. The normalized spacial score (nSPS) is 19.3. The molecular formula is C11H13ClO4. The molecule has 0 spiro atoms. The van der Waals surface area contributed by atoms with E-state index in [1.165, 1.54) is 6.08 Å². The lowest BCUT2D eigenvalue weighted by atomic mass is 10.1. The number of halogens is 1. The predicted molar refractivity (Wildman–Crippen MR) is 60.2 cm³/mol. The lowest BCUT2D eigenvalue weighted by Gasteiger charge is -2.09. The molecular weight excluding hydrogens is 232 g/mol. The Kier molecular flexibility index (Phi) is 4.58. The minimum Gasteiger partial charge on any atom is -0.510 e. The number of alkyl halides is 1. The van der Waals surface area contributed by atoms with Gasteiger partial charge >= 0.3 is 5.97 Å². The van der Waals surface area contributed by atoms with Gasteiger partial charge in [-0.15, -0.1) is 11.6 Å². The molecule has 88 valence electrons. The zero-order chi connectivity index (χ0) is 12.1. The molecule has 1 aliphatic carbocycles. The van der Waals surface area contributed by atoms with E-state index in [1.54, 1.807) is 19.1 Å². The molecule has 0 fully saturated rings. The van der Waals surface area contributed by atoms with Gasteiger partial charge in [0, 0.05) is 5.57 Å². The third-order valence-electron chi connectivity index (χ3n) is 2.01. The fourth-order valence-corrected chi connectivity index (χ4v) is 1.37. The minimum atomic E-state index is -0.585. The molecule has 0 aliphatic heterocycles. The van der Waals surface area contributed by atoms with Gasteiger partial charge in [-0.2, -0.15) is 0 Å². The van der Waals surface area contributed by atoms with Crippen molar-refractivity contribution in [3.8, 4) is 0 Å². The van der Waals surface area contributed by atoms with Gasteiger partial charge in [-0.3, -0.25) is 0 Å². The molecule has 4 nitrogen and oxygen atoms in total. The number of aliphatic hydroxyl groups is 2. The summed E-state index contributed by atoms with van der Waals surface area (Å²) >= 11 is 5.72. The monoisotopic (exact) mass is 244 g/mol. The van der Waals surface area contributed by atoms with E-state index in [1.807, 2.05) is 0 Å². The van der Waals surface area contributed by atoms with Gasteiger partial charge in [-0.25, -0.2) is 4.79 Å². The van der Waals surface area contributed by atoms with Crippen molar-refractivity contribution in [3.63, 3.8) is 0 Å². The molecule has 16 heavy (non-hydrogen) atoms. The van der Waals surface area contributed by atoms with Crippen molar-refractivity contribution in [1.82, 2.24) is 0 Å². The first-order valence-corrected chi connectivity index (χ1v) is 5.25. The van der Waals surface area contributed by atoms with Crippen LogP contribution in [0.4, 0.5) is 0 Å². The van der Waals surface area contributed by atoms with Crippen molar-refractivity contribution in [1.29, 1.82) is 0 Å². The zero-order valence-corrected chi connectivity index (χ0v) is 9.57. The van der Waals surface area contributed by atoms with Crippen LogP contribution in [0, 0.1) is 0 Å². The first kappa shape index (κ1) is 12.8. The minimum absolute atomic E-state index is 0.0670. The molecule has 0 saturated heterocycles. The number of carbonyl (C=O) groups excluding carboxylic acids is 1. The first-order valence-electron chi connectivity index (χ1n) is 4.82. The summed E-state index contributed by atoms with van der Waals surface area (Å²) in [5.74, 6) is -0.652. The number of hydrogen-bond acceptors (Lipinski definition) is 4. The van der Waals surface area contributed by atoms with Crippen molar-refractivity contribution in [3.05, 3.63) is 35.1 Å². The molecule has 0 amide bonds. The summed E-state index contributed by atoms with van der Waals surface area (Å²) in [6.07, 6.45) is 4.74. The number of rotatable bonds is 4. The zero-order valence-electron chi connectivity index (χ0n) is 8.81. The van der Waals surface area contributed by atoms with Crippen LogP contribution >= 0.6 is 11.6 Å². The van der Waals surface area contributed by atoms with E-state index in [4.69, 9.17) is 21.4 Å². The summed E-state index contributed by atoms with van der Waals surface area (Å²) in [6, 6.07) is 0. The van der Waals surface area contributed by atoms with Gasteiger partial charge in [0.1, 0.15) is 12.4 Å². The van der Waals surface area contributed by atoms with Gasteiger partial charge in [0.2, 0.25) is 0 Å². The van der Waals surface area contributed by atoms with Gasteiger partial charge in [-0.1, -0.05) is 12.2 Å². The Morgan fingerprint density at radius 2 is 2.31 bits per heavy atom. The standard InChI is InChI=1S/C11H13ClO4/c1-7(12)10(14)8-3-2-4-9(8)11(15)16-6-5-13/h2-4,7,13-14H,5-6H2,1H3/b10-8-. The van der Waals surface area contributed by atoms with Crippen LogP contribution in [-0.2, 0) is 9.53 Å². The van der Waals surface area contributed by atoms with Crippen LogP contribution in [-0.4, -0.2) is 34.8 Å². The van der Waals surface area contributed by atoms with E-state index in [0.29, 0.717) is 5.57 Å². The largest absolute Gasteiger partial charge is 0.510 e. The van der Waals surface area contributed by atoms with Crippen LogP contribution < -0.4 is 0 Å². The first-order chi connectivity index (χ1) is 7.57.